The van der Waals surface area contributed by atoms with Gasteiger partial charge in [0.25, 0.3) is 6.43 Å². The first-order valence-corrected chi connectivity index (χ1v) is 5.39. The lowest BCUT2D eigenvalue weighted by atomic mass is 10.1. The first kappa shape index (κ1) is 13.9. The Morgan fingerprint density at radius 2 is 1.94 bits per heavy atom. The first-order valence-electron chi connectivity index (χ1n) is 5.39. The zero-order valence-corrected chi connectivity index (χ0v) is 10.1. The number of methoxy groups -OCH3 is 1. The Labute approximate surface area is 100 Å². The van der Waals surface area contributed by atoms with Crippen molar-refractivity contribution in [2.24, 2.45) is 5.73 Å². The summed E-state index contributed by atoms with van der Waals surface area (Å²) in [4.78, 5) is 1.52. The SMILES string of the molecule is COc1ccccc1C(N)CN(C)CC(F)F. The van der Waals surface area contributed by atoms with Gasteiger partial charge in [-0.25, -0.2) is 8.78 Å². The van der Waals surface area contributed by atoms with Gasteiger partial charge in [0.2, 0.25) is 0 Å². The third-order valence-electron chi connectivity index (χ3n) is 2.50. The van der Waals surface area contributed by atoms with Crippen molar-refractivity contribution in [2.45, 2.75) is 12.5 Å². The zero-order valence-electron chi connectivity index (χ0n) is 10.1. The number of hydrogen-bond acceptors (Lipinski definition) is 3. The van der Waals surface area contributed by atoms with Crippen LogP contribution in [0.1, 0.15) is 11.6 Å². The average Bonchev–Trinajstić information content (AvgIpc) is 2.27. The fourth-order valence-electron chi connectivity index (χ4n) is 1.72. The van der Waals surface area contributed by atoms with Crippen molar-refractivity contribution < 1.29 is 13.5 Å². The van der Waals surface area contributed by atoms with Gasteiger partial charge < -0.3 is 10.5 Å². The number of hydrogen-bond donors (Lipinski definition) is 1. The lowest BCUT2D eigenvalue weighted by Gasteiger charge is -2.22. The van der Waals surface area contributed by atoms with Crippen molar-refractivity contribution in [3.8, 4) is 5.75 Å². The molecule has 1 aromatic carbocycles. The van der Waals surface area contributed by atoms with Crippen LogP contribution < -0.4 is 10.5 Å². The van der Waals surface area contributed by atoms with Gasteiger partial charge in [0.1, 0.15) is 5.75 Å². The number of nitrogens with two attached hydrogens (primary N) is 1. The van der Waals surface area contributed by atoms with Crippen molar-refractivity contribution in [1.82, 2.24) is 4.90 Å². The summed E-state index contributed by atoms with van der Waals surface area (Å²) in [6.07, 6.45) is -2.34. The molecule has 0 aromatic heterocycles. The van der Waals surface area contributed by atoms with Crippen LogP contribution in [0.5, 0.6) is 5.75 Å². The molecule has 1 aromatic rings. The van der Waals surface area contributed by atoms with Gasteiger partial charge in [0, 0.05) is 18.2 Å². The van der Waals surface area contributed by atoms with E-state index < -0.39 is 6.43 Å². The molecule has 1 rings (SSSR count). The van der Waals surface area contributed by atoms with Gasteiger partial charge in [-0.2, -0.15) is 0 Å². The van der Waals surface area contributed by atoms with Gasteiger partial charge in [0.15, 0.2) is 0 Å². The predicted molar refractivity (Wildman–Crippen MR) is 63.4 cm³/mol. The van der Waals surface area contributed by atoms with E-state index in [1.807, 2.05) is 24.3 Å². The van der Waals surface area contributed by atoms with Gasteiger partial charge in [-0.1, -0.05) is 18.2 Å². The number of ether oxygens (including phenoxy) is 1. The highest BCUT2D eigenvalue weighted by Gasteiger charge is 2.15. The molecule has 0 bridgehead atoms. The molecule has 0 saturated carbocycles. The molecule has 0 saturated heterocycles. The highest BCUT2D eigenvalue weighted by Crippen LogP contribution is 2.23. The molecule has 0 heterocycles. The smallest absolute Gasteiger partial charge is 0.251 e. The van der Waals surface area contributed by atoms with E-state index in [-0.39, 0.29) is 12.6 Å². The van der Waals surface area contributed by atoms with Gasteiger partial charge in [0.05, 0.1) is 13.7 Å². The molecule has 0 amide bonds. The summed E-state index contributed by atoms with van der Waals surface area (Å²) in [6.45, 7) is 0.0908. The van der Waals surface area contributed by atoms with Crippen LogP contribution in [0, 0.1) is 0 Å². The summed E-state index contributed by atoms with van der Waals surface area (Å²) < 4.78 is 29.5. The molecule has 0 aliphatic heterocycles. The number of para-hydroxylation sites is 1. The normalized spacial score (nSPS) is 13.1. The van der Waals surface area contributed by atoms with Gasteiger partial charge >= 0.3 is 0 Å². The average molecular weight is 244 g/mol. The lowest BCUT2D eigenvalue weighted by Crippen LogP contribution is -2.32. The third-order valence-corrected chi connectivity index (χ3v) is 2.50. The van der Waals surface area contributed by atoms with E-state index in [9.17, 15) is 8.78 Å². The minimum Gasteiger partial charge on any atom is -0.496 e. The van der Waals surface area contributed by atoms with Crippen LogP contribution in [-0.4, -0.2) is 38.6 Å². The highest BCUT2D eigenvalue weighted by molar-refractivity contribution is 5.35. The van der Waals surface area contributed by atoms with Crippen molar-refractivity contribution in [3.63, 3.8) is 0 Å². The van der Waals surface area contributed by atoms with Gasteiger partial charge in [-0.3, -0.25) is 4.90 Å². The molecule has 0 spiro atoms. The molecule has 0 fully saturated rings. The Kier molecular flexibility index (Phi) is 5.31. The number of alkyl halides is 2. The fourth-order valence-corrected chi connectivity index (χ4v) is 1.72. The molecule has 0 radical (unpaired) electrons. The van der Waals surface area contributed by atoms with E-state index in [2.05, 4.69) is 0 Å². The summed E-state index contributed by atoms with van der Waals surface area (Å²) >= 11 is 0. The van der Waals surface area contributed by atoms with E-state index in [1.54, 1.807) is 14.2 Å². The molecule has 0 aliphatic rings. The van der Waals surface area contributed by atoms with Gasteiger partial charge in [-0.15, -0.1) is 0 Å². The maximum absolute atomic E-state index is 12.2. The molecule has 2 N–H and O–H groups in total. The Hall–Kier alpha value is -1.20. The van der Waals surface area contributed by atoms with E-state index in [0.29, 0.717) is 12.3 Å². The van der Waals surface area contributed by atoms with Crippen molar-refractivity contribution in [2.75, 3.05) is 27.2 Å². The molecule has 5 heteroatoms. The number of benzene rings is 1. The minimum atomic E-state index is -2.34. The second-order valence-corrected chi connectivity index (χ2v) is 3.96. The summed E-state index contributed by atoms with van der Waals surface area (Å²) in [5.74, 6) is 0.686. The number of halogens is 2. The van der Waals surface area contributed by atoms with E-state index in [0.717, 1.165) is 5.56 Å². The predicted octanol–water partition coefficient (Wildman–Crippen LogP) is 1.89. The van der Waals surface area contributed by atoms with Crippen LogP contribution in [0.25, 0.3) is 0 Å². The summed E-state index contributed by atoms with van der Waals surface area (Å²) in [6, 6.07) is 7.01. The molecule has 0 aliphatic carbocycles. The molecular weight excluding hydrogens is 226 g/mol. The monoisotopic (exact) mass is 244 g/mol. The Morgan fingerprint density at radius 1 is 1.29 bits per heavy atom. The molecule has 96 valence electrons. The largest absolute Gasteiger partial charge is 0.496 e. The van der Waals surface area contributed by atoms with Crippen LogP contribution in [0.15, 0.2) is 24.3 Å². The second-order valence-electron chi connectivity index (χ2n) is 3.96. The Balaban J connectivity index is 2.65. The molecule has 1 atom stereocenters. The maximum atomic E-state index is 12.2. The molecule has 1 unspecified atom stereocenters. The van der Waals surface area contributed by atoms with E-state index in [1.165, 1.54) is 4.90 Å². The fraction of sp³-hybridized carbons (Fsp3) is 0.500. The summed E-state index contributed by atoms with van der Waals surface area (Å²) in [5, 5.41) is 0. The summed E-state index contributed by atoms with van der Waals surface area (Å²) in [7, 11) is 3.19. The van der Waals surface area contributed by atoms with Crippen LogP contribution in [0.3, 0.4) is 0 Å². The van der Waals surface area contributed by atoms with Crippen LogP contribution in [0.4, 0.5) is 8.78 Å². The number of nitrogens with zero attached hydrogens (tertiary/aromatic N) is 1. The minimum absolute atomic E-state index is 0.275. The first-order chi connectivity index (χ1) is 8.04. The topological polar surface area (TPSA) is 38.5 Å². The molecule has 17 heavy (non-hydrogen) atoms. The molecule has 3 nitrogen and oxygen atoms in total. The van der Waals surface area contributed by atoms with E-state index >= 15 is 0 Å². The van der Waals surface area contributed by atoms with E-state index in [4.69, 9.17) is 10.5 Å². The number of likely N-dealkylation sites (N-methyl/N-ethyl adjacent to an activating group) is 1. The van der Waals surface area contributed by atoms with Crippen molar-refractivity contribution in [1.29, 1.82) is 0 Å². The lowest BCUT2D eigenvalue weighted by molar-refractivity contribution is 0.0977. The van der Waals surface area contributed by atoms with Crippen LogP contribution >= 0.6 is 0 Å². The maximum Gasteiger partial charge on any atom is 0.251 e. The standard InChI is InChI=1S/C12H18F2N2O/c1-16(8-12(13)14)7-10(15)9-5-3-4-6-11(9)17-2/h3-6,10,12H,7-8,15H2,1-2H3. The third kappa shape index (κ3) is 4.28. The number of rotatable bonds is 6. The summed E-state index contributed by atoms with van der Waals surface area (Å²) in [5.41, 5.74) is 6.81. The quantitative estimate of drug-likeness (QED) is 0.830. The van der Waals surface area contributed by atoms with Crippen molar-refractivity contribution >= 4 is 0 Å². The second kappa shape index (κ2) is 6.51. The van der Waals surface area contributed by atoms with Gasteiger partial charge in [-0.05, 0) is 13.1 Å². The zero-order chi connectivity index (χ0) is 12.8. The Morgan fingerprint density at radius 3 is 2.53 bits per heavy atom. The highest BCUT2D eigenvalue weighted by atomic mass is 19.3. The van der Waals surface area contributed by atoms with Crippen LogP contribution in [0.2, 0.25) is 0 Å². The van der Waals surface area contributed by atoms with Crippen LogP contribution in [-0.2, 0) is 0 Å². The molecular formula is C12H18F2N2O. The Bertz CT molecular complexity index is 347. The van der Waals surface area contributed by atoms with Crippen molar-refractivity contribution in [3.05, 3.63) is 29.8 Å².